The second kappa shape index (κ2) is 10.5. The monoisotopic (exact) mass is 663 g/mol. The minimum absolute atomic E-state index is 0.0491. The molecule has 2 aliphatic carbocycles. The van der Waals surface area contributed by atoms with Crippen LogP contribution in [0.3, 0.4) is 0 Å². The van der Waals surface area contributed by atoms with Gasteiger partial charge in [-0.1, -0.05) is 47.0 Å². The molecule has 234 valence electrons. The molecule has 3 aromatic carbocycles. The molecule has 6 atom stereocenters. The molecular weight excluding hydrogens is 640 g/mol. The van der Waals surface area contributed by atoms with Gasteiger partial charge in [0.1, 0.15) is 11.6 Å². The number of hydrogen-bond acceptors (Lipinski definition) is 7. The fourth-order valence-electron chi connectivity index (χ4n) is 7.98. The maximum Gasteiger partial charge on any atom is 0.271 e. The van der Waals surface area contributed by atoms with Crippen LogP contribution < -0.4 is 9.80 Å². The number of aromatic hydroxyl groups is 1. The number of nitro groups is 1. The molecule has 2 heterocycles. The average molecular weight is 664 g/mol. The molecule has 4 aliphatic rings. The number of phenols is 1. The predicted molar refractivity (Wildman–Crippen MR) is 165 cm³/mol. The van der Waals surface area contributed by atoms with Crippen LogP contribution in [0.4, 0.5) is 21.5 Å². The van der Waals surface area contributed by atoms with Crippen LogP contribution in [-0.2, 0) is 19.2 Å². The summed E-state index contributed by atoms with van der Waals surface area (Å²) in [4.78, 5) is 69.3. The van der Waals surface area contributed by atoms with Crippen molar-refractivity contribution in [3.63, 3.8) is 0 Å². The number of nitrogens with zero attached hydrogens (tertiary/aromatic N) is 3. The van der Waals surface area contributed by atoms with Crippen LogP contribution in [0.2, 0.25) is 10.0 Å². The molecule has 1 N–H and O–H groups in total. The number of nitro benzene ring substituents is 1. The molecule has 0 spiro atoms. The molecule has 2 saturated heterocycles. The lowest BCUT2D eigenvalue weighted by Crippen LogP contribution is -2.49. The van der Waals surface area contributed by atoms with Gasteiger partial charge in [-0.15, -0.1) is 0 Å². The molecule has 0 bridgehead atoms. The van der Waals surface area contributed by atoms with Gasteiger partial charge in [-0.2, -0.15) is 0 Å². The van der Waals surface area contributed by atoms with E-state index in [0.29, 0.717) is 11.1 Å². The lowest BCUT2D eigenvalue weighted by Gasteiger charge is -2.49. The van der Waals surface area contributed by atoms with Gasteiger partial charge >= 0.3 is 0 Å². The highest BCUT2D eigenvalue weighted by Crippen LogP contribution is 2.64. The number of anilines is 2. The van der Waals surface area contributed by atoms with Crippen molar-refractivity contribution in [2.45, 2.75) is 25.7 Å². The van der Waals surface area contributed by atoms with Crippen LogP contribution in [0.5, 0.6) is 5.75 Å². The third-order valence-electron chi connectivity index (χ3n) is 10.0. The Balaban J connectivity index is 1.36. The Morgan fingerprint density at radius 2 is 1.65 bits per heavy atom. The van der Waals surface area contributed by atoms with Crippen molar-refractivity contribution in [2.24, 2.45) is 29.1 Å². The molecule has 0 radical (unpaired) electrons. The number of phenolic OH excluding ortho intramolecular Hbond substituents is 1. The van der Waals surface area contributed by atoms with Gasteiger partial charge in [-0.25, -0.2) is 14.2 Å². The zero-order valence-electron chi connectivity index (χ0n) is 24.0. The maximum absolute atomic E-state index is 14.4. The Hall–Kier alpha value is -4.61. The lowest BCUT2D eigenvalue weighted by atomic mass is 9.51. The first-order valence-electron chi connectivity index (χ1n) is 14.5. The van der Waals surface area contributed by atoms with E-state index in [2.05, 4.69) is 0 Å². The fraction of sp³-hybridized carbons (Fsp3) is 0.273. The smallest absolute Gasteiger partial charge is 0.271 e. The molecule has 6 unspecified atom stereocenters. The van der Waals surface area contributed by atoms with Crippen LogP contribution >= 0.6 is 23.2 Å². The summed E-state index contributed by atoms with van der Waals surface area (Å²) >= 11 is 12.7. The minimum atomic E-state index is -1.42. The first-order valence-corrected chi connectivity index (χ1v) is 15.2. The van der Waals surface area contributed by atoms with E-state index < -0.39 is 69.4 Å². The van der Waals surface area contributed by atoms with E-state index in [1.807, 2.05) is 6.08 Å². The van der Waals surface area contributed by atoms with E-state index in [9.17, 15) is 38.8 Å². The first-order chi connectivity index (χ1) is 21.8. The topological polar surface area (TPSA) is 138 Å². The maximum atomic E-state index is 14.4. The number of imide groups is 2. The largest absolute Gasteiger partial charge is 0.508 e. The van der Waals surface area contributed by atoms with Crippen LogP contribution in [0.25, 0.3) is 0 Å². The number of non-ortho nitro benzene ring substituents is 1. The number of hydrogen-bond donors (Lipinski definition) is 1. The summed E-state index contributed by atoms with van der Waals surface area (Å²) in [6.07, 6.45) is 2.03. The molecule has 3 aromatic rings. The summed E-state index contributed by atoms with van der Waals surface area (Å²) in [5.74, 6) is -7.20. The van der Waals surface area contributed by atoms with Crippen LogP contribution in [0.1, 0.15) is 31.2 Å². The fourth-order valence-corrected chi connectivity index (χ4v) is 8.44. The Morgan fingerprint density at radius 3 is 2.35 bits per heavy atom. The van der Waals surface area contributed by atoms with E-state index in [0.717, 1.165) is 15.9 Å². The summed E-state index contributed by atoms with van der Waals surface area (Å²) in [5.41, 5.74) is -0.419. The van der Waals surface area contributed by atoms with E-state index in [1.54, 1.807) is 13.0 Å². The van der Waals surface area contributed by atoms with Gasteiger partial charge in [0.15, 0.2) is 0 Å². The Bertz CT molecular complexity index is 1950. The molecule has 46 heavy (non-hydrogen) atoms. The standard InChI is InChI=1S/C33H24Cl2FN3O7/c1-33-23(30(42)38(32(33)44)16-5-10-26(36)25(35)12-16)14-22-19(28(33)20-7-6-18(40)13-24(20)34)8-9-21-27(22)31(43)37(29(21)41)15-3-2-4-17(11-15)39(45)46/h2-8,10-13,21-23,27-28,40H,9,14H2,1H3. The molecule has 3 fully saturated rings. The average Bonchev–Trinajstić information content (AvgIpc) is 3.38. The second-order valence-electron chi connectivity index (χ2n) is 12.3. The number of carbonyl (C=O) groups is 4. The highest BCUT2D eigenvalue weighted by atomic mass is 35.5. The van der Waals surface area contributed by atoms with Gasteiger partial charge in [0, 0.05) is 23.1 Å². The summed E-state index contributed by atoms with van der Waals surface area (Å²) in [6, 6.07) is 13.2. The minimum Gasteiger partial charge on any atom is -0.508 e. The Labute approximate surface area is 271 Å². The first kappa shape index (κ1) is 30.1. The molecule has 0 aromatic heterocycles. The number of allylic oxidation sites excluding steroid dienone is 2. The van der Waals surface area contributed by atoms with E-state index in [1.165, 1.54) is 48.5 Å². The third kappa shape index (κ3) is 4.14. The summed E-state index contributed by atoms with van der Waals surface area (Å²) in [6.45, 7) is 1.66. The van der Waals surface area contributed by atoms with Crippen LogP contribution in [0.15, 0.2) is 72.3 Å². The summed E-state index contributed by atoms with van der Waals surface area (Å²) in [5, 5.41) is 21.4. The van der Waals surface area contributed by atoms with Gasteiger partial charge < -0.3 is 5.11 Å². The van der Waals surface area contributed by atoms with Crippen molar-refractivity contribution in [1.29, 1.82) is 0 Å². The van der Waals surface area contributed by atoms with Gasteiger partial charge in [0.2, 0.25) is 23.6 Å². The Morgan fingerprint density at radius 1 is 0.913 bits per heavy atom. The number of halogens is 3. The lowest BCUT2D eigenvalue weighted by molar-refractivity contribution is -0.384. The molecule has 13 heteroatoms. The zero-order chi connectivity index (χ0) is 32.8. The molecule has 10 nitrogen and oxygen atoms in total. The predicted octanol–water partition coefficient (Wildman–Crippen LogP) is 6.18. The second-order valence-corrected chi connectivity index (χ2v) is 13.1. The van der Waals surface area contributed by atoms with Crippen molar-refractivity contribution < 1.29 is 33.6 Å². The number of benzene rings is 3. The van der Waals surface area contributed by atoms with Crippen molar-refractivity contribution in [1.82, 2.24) is 0 Å². The molecule has 1 saturated carbocycles. The quantitative estimate of drug-likeness (QED) is 0.152. The molecule has 2 aliphatic heterocycles. The highest BCUT2D eigenvalue weighted by molar-refractivity contribution is 6.32. The number of amides is 4. The van der Waals surface area contributed by atoms with Gasteiger partial charge in [0.05, 0.1) is 44.5 Å². The SMILES string of the molecule is CC12C(=O)N(c3ccc(F)c(Cl)c3)C(=O)C1CC1C(=CCC3C(=O)N(c4cccc([N+](=O)[O-])c4)C(=O)C31)C2c1ccc(O)cc1Cl. The van der Waals surface area contributed by atoms with E-state index in [-0.39, 0.29) is 45.7 Å². The number of carbonyl (C=O) groups excluding carboxylic acids is 4. The van der Waals surface area contributed by atoms with Crippen molar-refractivity contribution in [3.05, 3.63) is 104 Å². The normalized spacial score (nSPS) is 28.6. The third-order valence-corrected chi connectivity index (χ3v) is 10.6. The Kier molecular flexibility index (Phi) is 6.84. The molecule has 4 amide bonds. The molecular formula is C33H24Cl2FN3O7. The van der Waals surface area contributed by atoms with Gasteiger partial charge in [0.25, 0.3) is 5.69 Å². The highest BCUT2D eigenvalue weighted by Gasteiger charge is 2.68. The van der Waals surface area contributed by atoms with Gasteiger partial charge in [-0.3, -0.25) is 29.3 Å². The van der Waals surface area contributed by atoms with Gasteiger partial charge in [-0.05, 0) is 67.6 Å². The number of fused-ring (bicyclic) bond motifs is 4. The zero-order valence-corrected chi connectivity index (χ0v) is 25.5. The van der Waals surface area contributed by atoms with Crippen molar-refractivity contribution in [3.8, 4) is 5.75 Å². The van der Waals surface area contributed by atoms with Crippen LogP contribution in [-0.4, -0.2) is 33.7 Å². The van der Waals surface area contributed by atoms with Crippen LogP contribution in [0, 0.1) is 45.0 Å². The van der Waals surface area contributed by atoms with E-state index >= 15 is 0 Å². The van der Waals surface area contributed by atoms with E-state index in [4.69, 9.17) is 23.2 Å². The molecule has 7 rings (SSSR count). The van der Waals surface area contributed by atoms with Crippen molar-refractivity contribution in [2.75, 3.05) is 9.80 Å². The van der Waals surface area contributed by atoms with Crippen molar-refractivity contribution >= 4 is 63.9 Å². The number of rotatable bonds is 4. The summed E-state index contributed by atoms with van der Waals surface area (Å²) in [7, 11) is 0. The summed E-state index contributed by atoms with van der Waals surface area (Å²) < 4.78 is 14.1.